The molecule has 21 heavy (non-hydrogen) atoms. The first kappa shape index (κ1) is 15.4. The van der Waals surface area contributed by atoms with Crippen LogP contribution in [-0.2, 0) is 6.54 Å². The minimum Gasteiger partial charge on any atom is -0.375 e. The lowest BCUT2D eigenvalue weighted by molar-refractivity contribution is 0.640. The van der Waals surface area contributed by atoms with Gasteiger partial charge in [-0.05, 0) is 31.9 Å². The molecule has 0 unspecified atom stereocenters. The van der Waals surface area contributed by atoms with Gasteiger partial charge in [-0.2, -0.15) is 0 Å². The molecule has 114 valence electrons. The summed E-state index contributed by atoms with van der Waals surface area (Å²) in [6.07, 6.45) is 4.34. The lowest BCUT2D eigenvalue weighted by atomic mass is 10.3. The van der Waals surface area contributed by atoms with Crippen LogP contribution in [0.15, 0.2) is 36.5 Å². The van der Waals surface area contributed by atoms with Crippen LogP contribution in [0.3, 0.4) is 0 Å². The first-order valence-corrected chi connectivity index (χ1v) is 7.74. The Hall–Kier alpha value is -1.97. The van der Waals surface area contributed by atoms with Crippen LogP contribution in [0, 0.1) is 6.92 Å². The minimum atomic E-state index is 0.973. The molecule has 0 amide bonds. The molecule has 0 fully saturated rings. The third kappa shape index (κ3) is 4.52. The normalized spacial score (nSPS) is 10.6. The van der Waals surface area contributed by atoms with Crippen LogP contribution in [0.1, 0.15) is 25.5 Å². The number of imidazole rings is 1. The number of para-hydroxylation sites is 1. The van der Waals surface area contributed by atoms with E-state index in [9.17, 15) is 0 Å². The van der Waals surface area contributed by atoms with Crippen molar-refractivity contribution in [3.05, 3.63) is 42.2 Å². The average molecular weight is 286 g/mol. The number of nitrogens with zero attached hydrogens (tertiary/aromatic N) is 3. The van der Waals surface area contributed by atoms with Gasteiger partial charge in [-0.25, -0.2) is 4.98 Å². The van der Waals surface area contributed by atoms with Gasteiger partial charge in [0.15, 0.2) is 0 Å². The summed E-state index contributed by atoms with van der Waals surface area (Å²) in [5, 5.41) is 3.39. The highest BCUT2D eigenvalue weighted by Gasteiger charge is 2.05. The van der Waals surface area contributed by atoms with Crippen molar-refractivity contribution >= 4 is 11.6 Å². The predicted molar refractivity (Wildman–Crippen MR) is 90.1 cm³/mol. The van der Waals surface area contributed by atoms with E-state index >= 15 is 0 Å². The number of benzene rings is 1. The minimum absolute atomic E-state index is 0.973. The molecule has 0 radical (unpaired) electrons. The fourth-order valence-electron chi connectivity index (χ4n) is 2.38. The average Bonchev–Trinajstić information content (AvgIpc) is 2.86. The molecule has 1 N–H and O–H groups in total. The van der Waals surface area contributed by atoms with E-state index in [-0.39, 0.29) is 0 Å². The van der Waals surface area contributed by atoms with E-state index in [4.69, 9.17) is 0 Å². The summed E-state index contributed by atoms with van der Waals surface area (Å²) in [6, 6.07) is 10.5. The first-order valence-electron chi connectivity index (χ1n) is 7.74. The van der Waals surface area contributed by atoms with Gasteiger partial charge in [-0.3, -0.25) is 0 Å². The number of rotatable bonds is 8. The molecular formula is C17H26N4. The van der Waals surface area contributed by atoms with E-state index in [0.29, 0.717) is 0 Å². The number of nitrogens with one attached hydrogen (secondary N) is 1. The predicted octanol–water partition coefficient (Wildman–Crippen LogP) is 3.54. The molecule has 0 aliphatic rings. The van der Waals surface area contributed by atoms with Crippen LogP contribution in [0.5, 0.6) is 0 Å². The fraction of sp³-hybridized carbons (Fsp3) is 0.471. The maximum atomic E-state index is 4.54. The van der Waals surface area contributed by atoms with Crippen molar-refractivity contribution < 1.29 is 0 Å². The second-order valence-electron chi connectivity index (χ2n) is 5.44. The Morgan fingerprint density at radius 3 is 2.71 bits per heavy atom. The summed E-state index contributed by atoms with van der Waals surface area (Å²) in [6.45, 7) is 7.21. The molecule has 2 rings (SSSR count). The molecule has 0 aliphatic heterocycles. The van der Waals surface area contributed by atoms with Crippen LogP contribution in [0.4, 0.5) is 11.6 Å². The number of aryl methyl sites for hydroxylation is 2. The van der Waals surface area contributed by atoms with Gasteiger partial charge in [-0.15, -0.1) is 0 Å². The Labute approximate surface area is 127 Å². The molecule has 4 nitrogen and oxygen atoms in total. The van der Waals surface area contributed by atoms with Crippen molar-refractivity contribution in [1.29, 1.82) is 0 Å². The Morgan fingerprint density at radius 2 is 2.00 bits per heavy atom. The number of hydrogen-bond acceptors (Lipinski definition) is 3. The number of hydrogen-bond donors (Lipinski definition) is 1. The van der Waals surface area contributed by atoms with E-state index in [2.05, 4.69) is 70.3 Å². The summed E-state index contributed by atoms with van der Waals surface area (Å²) in [5.74, 6) is 0.997. The summed E-state index contributed by atoms with van der Waals surface area (Å²) < 4.78 is 2.23. The Kier molecular flexibility index (Phi) is 5.67. The topological polar surface area (TPSA) is 33.1 Å². The van der Waals surface area contributed by atoms with E-state index in [0.717, 1.165) is 44.1 Å². The standard InChI is InChI=1S/C17H26N4/c1-4-11-18-17-19-15(2)14-21(17)13-8-12-20(3)16-9-6-5-7-10-16/h5-7,9-10,14H,4,8,11-13H2,1-3H3,(H,18,19). The van der Waals surface area contributed by atoms with Crippen LogP contribution in [-0.4, -0.2) is 29.7 Å². The number of anilines is 2. The van der Waals surface area contributed by atoms with Crippen molar-refractivity contribution in [2.24, 2.45) is 0 Å². The van der Waals surface area contributed by atoms with E-state index in [1.165, 1.54) is 5.69 Å². The van der Waals surface area contributed by atoms with Gasteiger partial charge in [-0.1, -0.05) is 25.1 Å². The maximum absolute atomic E-state index is 4.54. The molecule has 0 saturated heterocycles. The van der Waals surface area contributed by atoms with Crippen LogP contribution >= 0.6 is 0 Å². The molecule has 2 aromatic rings. The lowest BCUT2D eigenvalue weighted by Gasteiger charge is -2.19. The molecule has 0 bridgehead atoms. The van der Waals surface area contributed by atoms with E-state index in [1.54, 1.807) is 0 Å². The van der Waals surface area contributed by atoms with Crippen molar-refractivity contribution in [1.82, 2.24) is 9.55 Å². The molecule has 0 spiro atoms. The first-order chi connectivity index (χ1) is 10.2. The number of aromatic nitrogens is 2. The quantitative estimate of drug-likeness (QED) is 0.805. The third-order valence-corrected chi connectivity index (χ3v) is 3.52. The molecular weight excluding hydrogens is 260 g/mol. The molecule has 1 aromatic carbocycles. The van der Waals surface area contributed by atoms with Crippen molar-refractivity contribution in [2.45, 2.75) is 33.2 Å². The smallest absolute Gasteiger partial charge is 0.203 e. The largest absolute Gasteiger partial charge is 0.375 e. The molecule has 1 heterocycles. The summed E-state index contributed by atoms with van der Waals surface area (Å²) >= 11 is 0. The summed E-state index contributed by atoms with van der Waals surface area (Å²) in [7, 11) is 2.14. The highest BCUT2D eigenvalue weighted by molar-refractivity contribution is 5.44. The van der Waals surface area contributed by atoms with Gasteiger partial charge in [0.05, 0.1) is 5.69 Å². The van der Waals surface area contributed by atoms with Gasteiger partial charge in [0.25, 0.3) is 0 Å². The SMILES string of the molecule is CCCNc1nc(C)cn1CCCN(C)c1ccccc1. The van der Waals surface area contributed by atoms with Crippen LogP contribution < -0.4 is 10.2 Å². The van der Waals surface area contributed by atoms with Crippen LogP contribution in [0.2, 0.25) is 0 Å². The van der Waals surface area contributed by atoms with Crippen molar-refractivity contribution in [3.63, 3.8) is 0 Å². The molecule has 0 atom stereocenters. The van der Waals surface area contributed by atoms with E-state index < -0.39 is 0 Å². The Balaban J connectivity index is 1.85. The fourth-order valence-corrected chi connectivity index (χ4v) is 2.38. The lowest BCUT2D eigenvalue weighted by Crippen LogP contribution is -2.20. The maximum Gasteiger partial charge on any atom is 0.203 e. The summed E-state index contributed by atoms with van der Waals surface area (Å²) in [5.41, 5.74) is 2.34. The molecule has 0 aliphatic carbocycles. The second kappa shape index (κ2) is 7.72. The van der Waals surface area contributed by atoms with E-state index in [1.807, 2.05) is 6.92 Å². The summed E-state index contributed by atoms with van der Waals surface area (Å²) in [4.78, 5) is 6.84. The van der Waals surface area contributed by atoms with Crippen LogP contribution in [0.25, 0.3) is 0 Å². The van der Waals surface area contributed by atoms with Gasteiger partial charge in [0.2, 0.25) is 5.95 Å². The zero-order valence-electron chi connectivity index (χ0n) is 13.3. The molecule has 4 heteroatoms. The Morgan fingerprint density at radius 1 is 1.24 bits per heavy atom. The molecule has 0 saturated carbocycles. The van der Waals surface area contributed by atoms with Gasteiger partial charge in [0, 0.05) is 38.6 Å². The van der Waals surface area contributed by atoms with Gasteiger partial charge in [0.1, 0.15) is 0 Å². The Bertz CT molecular complexity index is 533. The van der Waals surface area contributed by atoms with Gasteiger partial charge >= 0.3 is 0 Å². The zero-order chi connectivity index (χ0) is 15.1. The highest BCUT2D eigenvalue weighted by Crippen LogP contribution is 2.13. The van der Waals surface area contributed by atoms with Crippen molar-refractivity contribution in [3.8, 4) is 0 Å². The van der Waals surface area contributed by atoms with Crippen molar-refractivity contribution in [2.75, 3.05) is 30.4 Å². The second-order valence-corrected chi connectivity index (χ2v) is 5.44. The zero-order valence-corrected chi connectivity index (χ0v) is 13.3. The van der Waals surface area contributed by atoms with Gasteiger partial charge < -0.3 is 14.8 Å². The highest BCUT2D eigenvalue weighted by atomic mass is 15.2. The monoisotopic (exact) mass is 286 g/mol. The third-order valence-electron chi connectivity index (χ3n) is 3.52. The molecule has 1 aromatic heterocycles.